The van der Waals surface area contributed by atoms with Gasteiger partial charge in [0.25, 0.3) is 5.56 Å². The maximum Gasteiger partial charge on any atom is 0.261 e. The van der Waals surface area contributed by atoms with Gasteiger partial charge in [-0.05, 0) is 55.5 Å². The van der Waals surface area contributed by atoms with Crippen LogP contribution in [0.1, 0.15) is 18.4 Å². The number of sulfonamides is 1. The standard InChI is InChI=1S/C20H20ClFN4O3S/c1-11-14(7-8-15-17(11)20(27)26(2)10-23-15)24-19-13(22)5-6-16(18(19)21)25-30(28,29)9-12-3-4-12/h5-8,10,12,24-25H,3-4,9H2,1-2H3. The van der Waals surface area contributed by atoms with Gasteiger partial charge >= 0.3 is 0 Å². The van der Waals surface area contributed by atoms with Gasteiger partial charge in [-0.1, -0.05) is 11.6 Å². The number of rotatable bonds is 6. The molecule has 1 aromatic heterocycles. The highest BCUT2D eigenvalue weighted by Gasteiger charge is 2.28. The molecule has 1 aliphatic rings. The Morgan fingerprint density at radius 1 is 1.23 bits per heavy atom. The summed E-state index contributed by atoms with van der Waals surface area (Å²) in [6, 6.07) is 5.75. The van der Waals surface area contributed by atoms with E-state index < -0.39 is 15.8 Å². The molecule has 10 heteroatoms. The van der Waals surface area contributed by atoms with Crippen LogP contribution in [0.2, 0.25) is 5.02 Å². The molecule has 1 saturated carbocycles. The predicted molar refractivity (Wildman–Crippen MR) is 117 cm³/mol. The Kier molecular flexibility index (Phi) is 5.19. The van der Waals surface area contributed by atoms with E-state index in [-0.39, 0.29) is 33.6 Å². The minimum atomic E-state index is -3.58. The van der Waals surface area contributed by atoms with E-state index in [1.165, 1.54) is 17.0 Å². The van der Waals surface area contributed by atoms with Crippen LogP contribution in [-0.2, 0) is 17.1 Å². The number of nitrogens with zero attached hydrogens (tertiary/aromatic N) is 2. The molecular weight excluding hydrogens is 431 g/mol. The maximum atomic E-state index is 14.6. The van der Waals surface area contributed by atoms with Crippen molar-refractivity contribution in [2.24, 2.45) is 13.0 Å². The van der Waals surface area contributed by atoms with Crippen LogP contribution in [0, 0.1) is 18.7 Å². The van der Waals surface area contributed by atoms with Gasteiger partial charge in [0.2, 0.25) is 10.0 Å². The molecule has 1 heterocycles. The van der Waals surface area contributed by atoms with Gasteiger partial charge in [-0.25, -0.2) is 17.8 Å². The molecule has 2 aromatic carbocycles. The molecule has 0 bridgehead atoms. The van der Waals surface area contributed by atoms with E-state index >= 15 is 0 Å². The minimum Gasteiger partial charge on any atom is -0.352 e. The largest absolute Gasteiger partial charge is 0.352 e. The lowest BCUT2D eigenvalue weighted by atomic mass is 10.1. The van der Waals surface area contributed by atoms with Crippen molar-refractivity contribution in [3.8, 4) is 0 Å². The number of benzene rings is 2. The summed E-state index contributed by atoms with van der Waals surface area (Å²) < 4.78 is 43.0. The van der Waals surface area contributed by atoms with E-state index in [1.54, 1.807) is 26.1 Å². The molecule has 1 fully saturated rings. The number of anilines is 3. The number of halogens is 2. The maximum absolute atomic E-state index is 14.6. The Morgan fingerprint density at radius 3 is 2.63 bits per heavy atom. The molecule has 0 spiro atoms. The van der Waals surface area contributed by atoms with E-state index in [9.17, 15) is 17.6 Å². The van der Waals surface area contributed by atoms with Crippen LogP contribution in [0.15, 0.2) is 35.4 Å². The normalized spacial score (nSPS) is 14.1. The summed E-state index contributed by atoms with van der Waals surface area (Å²) in [6.07, 6.45) is 3.21. The van der Waals surface area contributed by atoms with Gasteiger partial charge in [0.15, 0.2) is 0 Å². The minimum absolute atomic E-state index is 0.0174. The Labute approximate surface area is 177 Å². The van der Waals surface area contributed by atoms with Crippen LogP contribution in [0.3, 0.4) is 0 Å². The van der Waals surface area contributed by atoms with Gasteiger partial charge in [0.05, 0.1) is 39.4 Å². The summed E-state index contributed by atoms with van der Waals surface area (Å²) in [4.78, 5) is 16.7. The second-order valence-electron chi connectivity index (χ2n) is 7.53. The van der Waals surface area contributed by atoms with Crippen LogP contribution in [-0.4, -0.2) is 23.7 Å². The summed E-state index contributed by atoms with van der Waals surface area (Å²) in [7, 11) is -1.98. The van der Waals surface area contributed by atoms with Crippen molar-refractivity contribution < 1.29 is 12.8 Å². The van der Waals surface area contributed by atoms with E-state index in [0.717, 1.165) is 18.9 Å². The topological polar surface area (TPSA) is 93.1 Å². The number of aryl methyl sites for hydroxylation is 2. The third-order valence-electron chi connectivity index (χ3n) is 5.12. The number of nitrogens with one attached hydrogen (secondary N) is 2. The smallest absolute Gasteiger partial charge is 0.261 e. The first-order chi connectivity index (χ1) is 14.2. The van der Waals surface area contributed by atoms with Gasteiger partial charge in [-0.3, -0.25) is 9.52 Å². The predicted octanol–water partition coefficient (Wildman–Crippen LogP) is 3.93. The highest BCUT2D eigenvalue weighted by atomic mass is 35.5. The van der Waals surface area contributed by atoms with Crippen LogP contribution in [0.25, 0.3) is 10.9 Å². The fourth-order valence-electron chi connectivity index (χ4n) is 3.27. The lowest BCUT2D eigenvalue weighted by Crippen LogP contribution is -2.18. The van der Waals surface area contributed by atoms with Gasteiger partial charge < -0.3 is 9.88 Å². The number of hydrogen-bond acceptors (Lipinski definition) is 5. The molecule has 158 valence electrons. The zero-order valence-electron chi connectivity index (χ0n) is 16.4. The Balaban J connectivity index is 1.72. The zero-order valence-corrected chi connectivity index (χ0v) is 17.9. The Bertz CT molecular complexity index is 1320. The van der Waals surface area contributed by atoms with Gasteiger partial charge in [0.1, 0.15) is 5.82 Å². The van der Waals surface area contributed by atoms with Crippen molar-refractivity contribution in [1.82, 2.24) is 9.55 Å². The highest BCUT2D eigenvalue weighted by Crippen LogP contribution is 2.37. The fourth-order valence-corrected chi connectivity index (χ4v) is 5.12. The van der Waals surface area contributed by atoms with Crippen molar-refractivity contribution in [3.05, 3.63) is 57.3 Å². The van der Waals surface area contributed by atoms with Crippen LogP contribution >= 0.6 is 11.6 Å². The molecule has 3 aromatic rings. The number of fused-ring (bicyclic) bond motifs is 1. The second-order valence-corrected chi connectivity index (χ2v) is 9.67. The summed E-state index contributed by atoms with van der Waals surface area (Å²) in [5.41, 5.74) is 1.36. The van der Waals surface area contributed by atoms with E-state index in [0.29, 0.717) is 22.2 Å². The molecule has 0 radical (unpaired) electrons. The van der Waals surface area contributed by atoms with Crippen molar-refractivity contribution in [2.75, 3.05) is 15.8 Å². The average molecular weight is 451 g/mol. The summed E-state index contributed by atoms with van der Waals surface area (Å²) in [5, 5.41) is 3.22. The summed E-state index contributed by atoms with van der Waals surface area (Å²) in [6.45, 7) is 1.72. The van der Waals surface area contributed by atoms with E-state index in [2.05, 4.69) is 15.0 Å². The molecule has 0 atom stereocenters. The highest BCUT2D eigenvalue weighted by molar-refractivity contribution is 7.92. The van der Waals surface area contributed by atoms with Crippen LogP contribution in [0.5, 0.6) is 0 Å². The SMILES string of the molecule is Cc1c(Nc2c(F)ccc(NS(=O)(=O)CC3CC3)c2Cl)ccc2ncn(C)c(=O)c12. The monoisotopic (exact) mass is 450 g/mol. The lowest BCUT2D eigenvalue weighted by molar-refractivity contribution is 0.597. The number of hydrogen-bond donors (Lipinski definition) is 2. The zero-order chi connectivity index (χ0) is 21.6. The molecule has 0 unspecified atom stereocenters. The van der Waals surface area contributed by atoms with E-state index in [4.69, 9.17) is 11.6 Å². The lowest BCUT2D eigenvalue weighted by Gasteiger charge is -2.16. The van der Waals surface area contributed by atoms with Crippen LogP contribution < -0.4 is 15.6 Å². The first-order valence-electron chi connectivity index (χ1n) is 9.37. The third kappa shape index (κ3) is 3.99. The first-order valence-corrected chi connectivity index (χ1v) is 11.4. The van der Waals surface area contributed by atoms with Crippen molar-refractivity contribution >= 4 is 49.6 Å². The third-order valence-corrected chi connectivity index (χ3v) is 6.95. The van der Waals surface area contributed by atoms with Crippen molar-refractivity contribution in [1.29, 1.82) is 0 Å². The van der Waals surface area contributed by atoms with Gasteiger partial charge in [-0.15, -0.1) is 0 Å². The van der Waals surface area contributed by atoms with Gasteiger partial charge in [0, 0.05) is 12.7 Å². The van der Waals surface area contributed by atoms with Crippen molar-refractivity contribution in [2.45, 2.75) is 19.8 Å². The quantitative estimate of drug-likeness (QED) is 0.593. The van der Waals surface area contributed by atoms with E-state index in [1.807, 2.05) is 0 Å². The second kappa shape index (κ2) is 7.55. The Hall–Kier alpha value is -2.65. The molecular formula is C20H20ClFN4O3S. The molecule has 2 N–H and O–H groups in total. The first kappa shape index (κ1) is 20.6. The molecule has 7 nitrogen and oxygen atoms in total. The Morgan fingerprint density at radius 2 is 1.93 bits per heavy atom. The average Bonchev–Trinajstić information content (AvgIpc) is 3.48. The molecule has 0 saturated heterocycles. The molecule has 0 amide bonds. The fraction of sp³-hybridized carbons (Fsp3) is 0.300. The van der Waals surface area contributed by atoms with Gasteiger partial charge in [-0.2, -0.15) is 0 Å². The number of aromatic nitrogens is 2. The van der Waals surface area contributed by atoms with Crippen LogP contribution in [0.4, 0.5) is 21.5 Å². The van der Waals surface area contributed by atoms with Crippen molar-refractivity contribution in [3.63, 3.8) is 0 Å². The summed E-state index contributed by atoms with van der Waals surface area (Å²) >= 11 is 6.34. The summed E-state index contributed by atoms with van der Waals surface area (Å²) in [5.74, 6) is -0.469. The molecule has 4 rings (SSSR count). The molecule has 1 aliphatic carbocycles. The molecule has 0 aliphatic heterocycles. The molecule has 30 heavy (non-hydrogen) atoms.